The molecule has 22 heavy (non-hydrogen) atoms. The highest BCUT2D eigenvalue weighted by atomic mass is 16.5. The minimum atomic E-state index is 0.114. The molecule has 1 amide bonds. The van der Waals surface area contributed by atoms with E-state index in [-0.39, 0.29) is 5.91 Å². The van der Waals surface area contributed by atoms with Gasteiger partial charge in [0.2, 0.25) is 5.91 Å². The normalized spacial score (nSPS) is 14.9. The van der Waals surface area contributed by atoms with Crippen molar-refractivity contribution in [2.24, 2.45) is 0 Å². The molecule has 0 aliphatic carbocycles. The minimum Gasteiger partial charge on any atom is -0.493 e. The van der Waals surface area contributed by atoms with Gasteiger partial charge in [0.25, 0.3) is 0 Å². The molecule has 1 aromatic rings. The highest BCUT2D eigenvalue weighted by Gasteiger charge is 2.18. The van der Waals surface area contributed by atoms with Crippen LogP contribution in [0.15, 0.2) is 12.1 Å². The number of methoxy groups -OCH3 is 2. The van der Waals surface area contributed by atoms with Gasteiger partial charge in [0.15, 0.2) is 11.5 Å². The van der Waals surface area contributed by atoms with Gasteiger partial charge in [-0.25, -0.2) is 0 Å². The van der Waals surface area contributed by atoms with Gasteiger partial charge in [-0.2, -0.15) is 0 Å². The average Bonchev–Trinajstić information content (AvgIpc) is 2.73. The standard InChI is InChI=1S/C17H26N2O3/c1-4-7-18-17(20)12-19-8-5-13-10-15(21-2)16(22-3)11-14(13)6-9-19/h10-11H,4-9,12H2,1-3H3,(H,18,20). The summed E-state index contributed by atoms with van der Waals surface area (Å²) in [4.78, 5) is 14.1. The number of hydrogen-bond acceptors (Lipinski definition) is 4. The average molecular weight is 306 g/mol. The Bertz CT molecular complexity index is 482. The lowest BCUT2D eigenvalue weighted by atomic mass is 10.0. The molecule has 0 atom stereocenters. The molecule has 5 heteroatoms. The monoisotopic (exact) mass is 306 g/mol. The highest BCUT2D eigenvalue weighted by molar-refractivity contribution is 5.78. The van der Waals surface area contributed by atoms with Crippen LogP contribution < -0.4 is 14.8 Å². The number of amides is 1. The van der Waals surface area contributed by atoms with E-state index in [1.165, 1.54) is 11.1 Å². The van der Waals surface area contributed by atoms with Crippen molar-refractivity contribution in [1.29, 1.82) is 0 Å². The van der Waals surface area contributed by atoms with Gasteiger partial charge < -0.3 is 14.8 Å². The highest BCUT2D eigenvalue weighted by Crippen LogP contribution is 2.32. The molecule has 0 saturated heterocycles. The lowest BCUT2D eigenvalue weighted by Crippen LogP contribution is -2.38. The van der Waals surface area contributed by atoms with E-state index in [1.54, 1.807) is 14.2 Å². The Labute approximate surface area is 132 Å². The van der Waals surface area contributed by atoms with Crippen LogP contribution in [0, 0.1) is 0 Å². The topological polar surface area (TPSA) is 50.8 Å². The molecule has 0 fully saturated rings. The quantitative estimate of drug-likeness (QED) is 0.868. The fourth-order valence-corrected chi connectivity index (χ4v) is 2.78. The first-order valence-corrected chi connectivity index (χ1v) is 7.90. The van der Waals surface area contributed by atoms with Crippen molar-refractivity contribution < 1.29 is 14.3 Å². The molecule has 1 heterocycles. The number of ether oxygens (including phenoxy) is 2. The summed E-state index contributed by atoms with van der Waals surface area (Å²) in [5, 5.41) is 2.94. The molecule has 1 aliphatic rings. The molecule has 0 radical (unpaired) electrons. The SMILES string of the molecule is CCCNC(=O)CN1CCc2cc(OC)c(OC)cc2CC1. The molecule has 1 aliphatic heterocycles. The Morgan fingerprint density at radius 2 is 1.68 bits per heavy atom. The van der Waals surface area contributed by atoms with Crippen LogP contribution >= 0.6 is 0 Å². The fraction of sp³-hybridized carbons (Fsp3) is 0.588. The van der Waals surface area contributed by atoms with Crippen molar-refractivity contribution >= 4 is 5.91 Å². The zero-order chi connectivity index (χ0) is 15.9. The van der Waals surface area contributed by atoms with Gasteiger partial charge in [-0.05, 0) is 42.5 Å². The first-order valence-electron chi connectivity index (χ1n) is 7.90. The molecule has 2 rings (SSSR count). The van der Waals surface area contributed by atoms with Crippen molar-refractivity contribution in [3.05, 3.63) is 23.3 Å². The van der Waals surface area contributed by atoms with Crippen molar-refractivity contribution in [3.8, 4) is 11.5 Å². The number of benzene rings is 1. The summed E-state index contributed by atoms with van der Waals surface area (Å²) in [6.45, 7) is 5.07. The van der Waals surface area contributed by atoms with Gasteiger partial charge in [0.1, 0.15) is 0 Å². The van der Waals surface area contributed by atoms with Crippen molar-refractivity contribution in [3.63, 3.8) is 0 Å². The van der Waals surface area contributed by atoms with Gasteiger partial charge in [0, 0.05) is 19.6 Å². The number of carbonyl (C=O) groups excluding carboxylic acids is 1. The third kappa shape index (κ3) is 4.13. The molecule has 0 bridgehead atoms. The summed E-state index contributed by atoms with van der Waals surface area (Å²) >= 11 is 0. The Morgan fingerprint density at radius 3 is 2.14 bits per heavy atom. The summed E-state index contributed by atoms with van der Waals surface area (Å²) in [6, 6.07) is 4.13. The molecule has 1 N–H and O–H groups in total. The van der Waals surface area contributed by atoms with E-state index in [9.17, 15) is 4.79 Å². The first kappa shape index (κ1) is 16.6. The van der Waals surface area contributed by atoms with E-state index in [0.717, 1.165) is 50.4 Å². The van der Waals surface area contributed by atoms with E-state index < -0.39 is 0 Å². The van der Waals surface area contributed by atoms with E-state index in [1.807, 2.05) is 0 Å². The Balaban J connectivity index is 2.02. The third-order valence-corrected chi connectivity index (χ3v) is 4.04. The lowest BCUT2D eigenvalue weighted by Gasteiger charge is -2.18. The Morgan fingerprint density at radius 1 is 1.14 bits per heavy atom. The second-order valence-electron chi connectivity index (χ2n) is 5.60. The number of rotatable bonds is 6. The molecule has 0 aromatic heterocycles. The van der Waals surface area contributed by atoms with Gasteiger partial charge in [-0.15, -0.1) is 0 Å². The van der Waals surface area contributed by atoms with Crippen LogP contribution in [0.3, 0.4) is 0 Å². The maximum Gasteiger partial charge on any atom is 0.234 e. The van der Waals surface area contributed by atoms with Crippen LogP contribution in [-0.4, -0.2) is 51.2 Å². The molecule has 122 valence electrons. The van der Waals surface area contributed by atoms with E-state index in [4.69, 9.17) is 9.47 Å². The summed E-state index contributed by atoms with van der Waals surface area (Å²) in [7, 11) is 3.32. The summed E-state index contributed by atoms with van der Waals surface area (Å²) in [5.74, 6) is 1.66. The first-order chi connectivity index (χ1) is 10.7. The van der Waals surface area contributed by atoms with E-state index >= 15 is 0 Å². The van der Waals surface area contributed by atoms with Crippen LogP contribution in [0.4, 0.5) is 0 Å². The van der Waals surface area contributed by atoms with Gasteiger partial charge in [-0.3, -0.25) is 9.69 Å². The zero-order valence-corrected chi connectivity index (χ0v) is 13.8. The minimum absolute atomic E-state index is 0.114. The largest absolute Gasteiger partial charge is 0.493 e. The zero-order valence-electron chi connectivity index (χ0n) is 13.8. The van der Waals surface area contributed by atoms with Crippen molar-refractivity contribution in [1.82, 2.24) is 10.2 Å². The van der Waals surface area contributed by atoms with Crippen LogP contribution in [0.2, 0.25) is 0 Å². The number of fused-ring (bicyclic) bond motifs is 1. The number of hydrogen-bond donors (Lipinski definition) is 1. The number of carbonyl (C=O) groups is 1. The maximum absolute atomic E-state index is 11.9. The predicted molar refractivity (Wildman–Crippen MR) is 86.7 cm³/mol. The fourth-order valence-electron chi connectivity index (χ4n) is 2.78. The van der Waals surface area contributed by atoms with Crippen molar-refractivity contribution in [2.75, 3.05) is 40.4 Å². The van der Waals surface area contributed by atoms with E-state index in [0.29, 0.717) is 6.54 Å². The van der Waals surface area contributed by atoms with Crippen LogP contribution in [-0.2, 0) is 17.6 Å². The molecular formula is C17H26N2O3. The Kier molecular flexibility index (Phi) is 6.07. The molecule has 5 nitrogen and oxygen atoms in total. The molecule has 1 aromatic carbocycles. The number of nitrogens with zero attached hydrogens (tertiary/aromatic N) is 1. The third-order valence-electron chi connectivity index (χ3n) is 4.04. The lowest BCUT2D eigenvalue weighted by molar-refractivity contribution is -0.122. The molecule has 0 spiro atoms. The number of nitrogens with one attached hydrogen (secondary N) is 1. The smallest absolute Gasteiger partial charge is 0.234 e. The predicted octanol–water partition coefficient (Wildman–Crippen LogP) is 1.63. The van der Waals surface area contributed by atoms with Crippen LogP contribution in [0.1, 0.15) is 24.5 Å². The second-order valence-corrected chi connectivity index (χ2v) is 5.60. The van der Waals surface area contributed by atoms with Gasteiger partial charge in [-0.1, -0.05) is 6.92 Å². The maximum atomic E-state index is 11.9. The van der Waals surface area contributed by atoms with Gasteiger partial charge >= 0.3 is 0 Å². The van der Waals surface area contributed by atoms with Crippen molar-refractivity contribution in [2.45, 2.75) is 26.2 Å². The van der Waals surface area contributed by atoms with Crippen LogP contribution in [0.25, 0.3) is 0 Å². The summed E-state index contributed by atoms with van der Waals surface area (Å²) < 4.78 is 10.8. The van der Waals surface area contributed by atoms with Gasteiger partial charge in [0.05, 0.1) is 20.8 Å². The molecule has 0 unspecified atom stereocenters. The van der Waals surface area contributed by atoms with Crippen LogP contribution in [0.5, 0.6) is 11.5 Å². The summed E-state index contributed by atoms with van der Waals surface area (Å²) in [5.41, 5.74) is 2.57. The van der Waals surface area contributed by atoms with E-state index in [2.05, 4.69) is 29.3 Å². The molecular weight excluding hydrogens is 280 g/mol. The Hall–Kier alpha value is -1.75. The molecule has 0 saturated carbocycles. The summed E-state index contributed by atoms with van der Waals surface area (Å²) in [6.07, 6.45) is 2.82. The second kappa shape index (κ2) is 8.03.